The highest BCUT2D eigenvalue weighted by Crippen LogP contribution is 2.22. The number of carbonyl (C=O) groups excluding carboxylic acids is 1. The Morgan fingerprint density at radius 3 is 2.62 bits per heavy atom. The molecule has 114 valence electrons. The van der Waals surface area contributed by atoms with Crippen LogP contribution in [0.5, 0.6) is 0 Å². The van der Waals surface area contributed by atoms with Crippen LogP contribution in [0.3, 0.4) is 0 Å². The van der Waals surface area contributed by atoms with Crippen molar-refractivity contribution in [2.45, 2.75) is 25.3 Å². The van der Waals surface area contributed by atoms with E-state index < -0.39 is 5.97 Å². The van der Waals surface area contributed by atoms with E-state index >= 15 is 0 Å². The molecule has 0 unspecified atom stereocenters. The molecule has 1 aromatic carbocycles. The molecule has 3 N–H and O–H groups in total. The molecule has 1 saturated heterocycles. The second kappa shape index (κ2) is 6.32. The van der Waals surface area contributed by atoms with Crippen LogP contribution in [0.2, 0.25) is 5.02 Å². The maximum Gasteiger partial charge on any atom is 0.337 e. The lowest BCUT2D eigenvalue weighted by atomic mass is 9.93. The van der Waals surface area contributed by atoms with Gasteiger partial charge in [0.2, 0.25) is 0 Å². The Balaban J connectivity index is 2.02. The number of carbonyl (C=O) groups is 2. The third-order valence-electron chi connectivity index (χ3n) is 3.47. The summed E-state index contributed by atoms with van der Waals surface area (Å²) in [4.78, 5) is 23.0. The summed E-state index contributed by atoms with van der Waals surface area (Å²) >= 11 is 5.78. The molecular formula is C14H17ClN2O4. The Morgan fingerprint density at radius 2 is 2.00 bits per heavy atom. The Bertz CT molecular complexity index is 556. The average molecular weight is 313 g/mol. The molecule has 0 radical (unpaired) electrons. The summed E-state index contributed by atoms with van der Waals surface area (Å²) < 4.78 is 5.27. The molecule has 0 bridgehead atoms. The third-order valence-corrected chi connectivity index (χ3v) is 3.80. The second-order valence-electron chi connectivity index (χ2n) is 5.25. The van der Waals surface area contributed by atoms with Crippen molar-refractivity contribution in [1.82, 2.24) is 5.32 Å². The van der Waals surface area contributed by atoms with E-state index in [0.29, 0.717) is 18.9 Å². The number of ether oxygens (including phenoxy) is 1. The first-order valence-corrected chi connectivity index (χ1v) is 6.97. The predicted octanol–water partition coefficient (Wildman–Crippen LogP) is 2.73. The Morgan fingerprint density at radius 1 is 1.33 bits per heavy atom. The molecule has 6 nitrogen and oxygen atoms in total. The molecule has 2 rings (SSSR count). The molecule has 0 atom stereocenters. The summed E-state index contributed by atoms with van der Waals surface area (Å²) in [6.45, 7) is 3.18. The van der Waals surface area contributed by atoms with Crippen LogP contribution in [0.25, 0.3) is 0 Å². The lowest BCUT2D eigenvalue weighted by Gasteiger charge is -2.34. The van der Waals surface area contributed by atoms with Gasteiger partial charge in [-0.1, -0.05) is 11.6 Å². The number of halogens is 1. The maximum absolute atomic E-state index is 12.0. The van der Waals surface area contributed by atoms with Gasteiger partial charge in [-0.2, -0.15) is 0 Å². The largest absolute Gasteiger partial charge is 0.478 e. The number of rotatable bonds is 3. The minimum atomic E-state index is -1.14. The smallest absolute Gasteiger partial charge is 0.337 e. The van der Waals surface area contributed by atoms with E-state index in [1.54, 1.807) is 6.07 Å². The van der Waals surface area contributed by atoms with Gasteiger partial charge >= 0.3 is 12.0 Å². The highest BCUT2D eigenvalue weighted by atomic mass is 35.5. The van der Waals surface area contributed by atoms with Crippen LogP contribution in [0.4, 0.5) is 10.5 Å². The number of nitrogens with one attached hydrogen (secondary N) is 2. The molecule has 0 spiro atoms. The number of urea groups is 1. The molecule has 1 fully saturated rings. The maximum atomic E-state index is 12.0. The fraction of sp³-hybridized carbons (Fsp3) is 0.429. The van der Waals surface area contributed by atoms with Crippen molar-refractivity contribution in [3.63, 3.8) is 0 Å². The number of benzene rings is 1. The minimum absolute atomic E-state index is 0.0493. The first kappa shape index (κ1) is 15.6. The molecule has 0 aromatic heterocycles. The number of amides is 2. The number of carboxylic acid groups (broad SMARTS) is 1. The van der Waals surface area contributed by atoms with Crippen molar-refractivity contribution in [2.24, 2.45) is 0 Å². The number of hydrogen-bond acceptors (Lipinski definition) is 3. The van der Waals surface area contributed by atoms with Crippen molar-refractivity contribution in [3.8, 4) is 0 Å². The first-order valence-electron chi connectivity index (χ1n) is 6.59. The topological polar surface area (TPSA) is 87.7 Å². The van der Waals surface area contributed by atoms with E-state index in [9.17, 15) is 9.59 Å². The van der Waals surface area contributed by atoms with Crippen LogP contribution in [0.15, 0.2) is 18.2 Å². The summed E-state index contributed by atoms with van der Waals surface area (Å²) in [7, 11) is 0. The second-order valence-corrected chi connectivity index (χ2v) is 5.66. The van der Waals surface area contributed by atoms with Crippen molar-refractivity contribution in [2.75, 3.05) is 18.5 Å². The van der Waals surface area contributed by atoms with E-state index in [-0.39, 0.29) is 22.2 Å². The molecule has 0 aliphatic carbocycles. The number of aromatic carboxylic acids is 1. The van der Waals surface area contributed by atoms with Gasteiger partial charge in [-0.25, -0.2) is 9.59 Å². The minimum Gasteiger partial charge on any atom is -0.478 e. The van der Waals surface area contributed by atoms with Gasteiger partial charge in [0.25, 0.3) is 0 Å². The van der Waals surface area contributed by atoms with E-state index in [1.165, 1.54) is 12.1 Å². The van der Waals surface area contributed by atoms with Gasteiger partial charge in [-0.3, -0.25) is 0 Å². The van der Waals surface area contributed by atoms with Crippen molar-refractivity contribution >= 4 is 29.3 Å². The average Bonchev–Trinajstić information content (AvgIpc) is 2.40. The van der Waals surface area contributed by atoms with Gasteiger partial charge in [0.1, 0.15) is 0 Å². The van der Waals surface area contributed by atoms with E-state index in [1.807, 2.05) is 6.92 Å². The Kier molecular flexibility index (Phi) is 4.69. The fourth-order valence-corrected chi connectivity index (χ4v) is 2.35. The summed E-state index contributed by atoms with van der Waals surface area (Å²) in [5.74, 6) is -1.14. The van der Waals surface area contributed by atoms with E-state index in [4.69, 9.17) is 21.4 Å². The van der Waals surface area contributed by atoms with Crippen LogP contribution in [0, 0.1) is 0 Å². The third kappa shape index (κ3) is 4.09. The van der Waals surface area contributed by atoms with Gasteiger partial charge in [-0.15, -0.1) is 0 Å². The Labute approximate surface area is 127 Å². The lowest BCUT2D eigenvalue weighted by Crippen LogP contribution is -2.51. The van der Waals surface area contributed by atoms with Gasteiger partial charge in [-0.05, 0) is 38.0 Å². The molecule has 21 heavy (non-hydrogen) atoms. The molecule has 1 aliphatic rings. The SMILES string of the molecule is CC1(NC(=O)Nc2ccc(Cl)c(C(=O)O)c2)CCOCC1. The molecule has 1 aromatic rings. The zero-order valence-electron chi connectivity index (χ0n) is 11.6. The van der Waals surface area contributed by atoms with Gasteiger partial charge in [0, 0.05) is 24.4 Å². The molecular weight excluding hydrogens is 296 g/mol. The summed E-state index contributed by atoms with van der Waals surface area (Å²) in [6.07, 6.45) is 1.48. The zero-order valence-corrected chi connectivity index (χ0v) is 12.4. The van der Waals surface area contributed by atoms with Crippen LogP contribution < -0.4 is 10.6 Å². The number of hydrogen-bond donors (Lipinski definition) is 3. The molecule has 7 heteroatoms. The monoisotopic (exact) mass is 312 g/mol. The van der Waals surface area contributed by atoms with Crippen molar-refractivity contribution in [3.05, 3.63) is 28.8 Å². The molecule has 2 amide bonds. The standard InChI is InChI=1S/C14H17ClN2O4/c1-14(4-6-21-7-5-14)17-13(20)16-9-2-3-11(15)10(8-9)12(18)19/h2-3,8H,4-7H2,1H3,(H,18,19)(H2,16,17,20). The van der Waals surface area contributed by atoms with Crippen molar-refractivity contribution in [1.29, 1.82) is 0 Å². The highest BCUT2D eigenvalue weighted by molar-refractivity contribution is 6.33. The summed E-state index contributed by atoms with van der Waals surface area (Å²) in [5, 5.41) is 14.6. The Hall–Kier alpha value is -1.79. The number of anilines is 1. The predicted molar refractivity (Wildman–Crippen MR) is 79.0 cm³/mol. The molecule has 1 heterocycles. The van der Waals surface area contributed by atoms with Crippen molar-refractivity contribution < 1.29 is 19.4 Å². The molecule has 0 saturated carbocycles. The van der Waals surface area contributed by atoms with Crippen LogP contribution in [-0.4, -0.2) is 35.9 Å². The summed E-state index contributed by atoms with van der Waals surface area (Å²) in [6, 6.07) is 3.95. The molecule has 1 aliphatic heterocycles. The quantitative estimate of drug-likeness (QED) is 0.800. The normalized spacial score (nSPS) is 17.0. The van der Waals surface area contributed by atoms with Gasteiger partial charge < -0.3 is 20.5 Å². The first-order chi connectivity index (χ1) is 9.89. The number of carboxylic acids is 1. The highest BCUT2D eigenvalue weighted by Gasteiger charge is 2.29. The fourth-order valence-electron chi connectivity index (χ4n) is 2.15. The van der Waals surface area contributed by atoms with Crippen LogP contribution in [-0.2, 0) is 4.74 Å². The van der Waals surface area contributed by atoms with E-state index in [2.05, 4.69) is 10.6 Å². The summed E-state index contributed by atoms with van der Waals surface area (Å²) in [5.41, 5.74) is 0.0152. The lowest BCUT2D eigenvalue weighted by molar-refractivity contribution is 0.0499. The zero-order chi connectivity index (χ0) is 15.5. The van der Waals surface area contributed by atoms with Crippen LogP contribution in [0.1, 0.15) is 30.1 Å². The van der Waals surface area contributed by atoms with E-state index in [0.717, 1.165) is 12.8 Å². The van der Waals surface area contributed by atoms with Gasteiger partial charge in [0.15, 0.2) is 0 Å². The van der Waals surface area contributed by atoms with Gasteiger partial charge in [0.05, 0.1) is 10.6 Å². The van der Waals surface area contributed by atoms with Crippen LogP contribution >= 0.6 is 11.6 Å².